The number of fused-ring (bicyclic) bond motifs is 1. The van der Waals surface area contributed by atoms with Crippen LogP contribution in [0.25, 0.3) is 0 Å². The Morgan fingerprint density at radius 3 is 3.00 bits per heavy atom. The van der Waals surface area contributed by atoms with Crippen molar-refractivity contribution in [3.63, 3.8) is 0 Å². The molecule has 9 heteroatoms. The van der Waals surface area contributed by atoms with Crippen molar-refractivity contribution in [3.05, 3.63) is 41.5 Å². The van der Waals surface area contributed by atoms with Crippen LogP contribution in [0.4, 0.5) is 13.6 Å². The summed E-state index contributed by atoms with van der Waals surface area (Å²) in [6.45, 7) is 0.232. The van der Waals surface area contributed by atoms with E-state index < -0.39 is 18.3 Å². The van der Waals surface area contributed by atoms with E-state index in [9.17, 15) is 13.6 Å². The Bertz CT molecular complexity index is 692. The van der Waals surface area contributed by atoms with E-state index in [0.717, 1.165) is 11.3 Å². The second-order valence-corrected chi connectivity index (χ2v) is 4.99. The summed E-state index contributed by atoms with van der Waals surface area (Å²) in [5.41, 5.74) is 1.02. The molecule has 0 spiro atoms. The Labute approximate surface area is 130 Å². The fraction of sp³-hybridized carbons (Fsp3) is 0.357. The van der Waals surface area contributed by atoms with Gasteiger partial charge in [-0.15, -0.1) is 0 Å². The van der Waals surface area contributed by atoms with Gasteiger partial charge < -0.3 is 19.9 Å². The van der Waals surface area contributed by atoms with Crippen LogP contribution in [0.3, 0.4) is 0 Å². The van der Waals surface area contributed by atoms with Gasteiger partial charge in [0.2, 0.25) is 11.7 Å². The smallest absolute Gasteiger partial charge is 0.315 e. The van der Waals surface area contributed by atoms with Crippen LogP contribution >= 0.6 is 0 Å². The molecule has 1 unspecified atom stereocenters. The lowest BCUT2D eigenvalue weighted by atomic mass is 10.0. The van der Waals surface area contributed by atoms with E-state index in [1.54, 1.807) is 0 Å². The van der Waals surface area contributed by atoms with Gasteiger partial charge in [-0.2, -0.15) is 4.98 Å². The average Bonchev–Trinajstić information content (AvgIpc) is 3.02. The number of hydrogen-bond acceptors (Lipinski definition) is 5. The first-order chi connectivity index (χ1) is 11.1. The fourth-order valence-corrected chi connectivity index (χ4v) is 2.24. The number of urea groups is 1. The first-order valence-electron chi connectivity index (χ1n) is 6.97. The summed E-state index contributed by atoms with van der Waals surface area (Å²) in [6, 6.07) is 6.96. The summed E-state index contributed by atoms with van der Waals surface area (Å²) in [4.78, 5) is 15.3. The van der Waals surface area contributed by atoms with Gasteiger partial charge in [-0.25, -0.2) is 13.6 Å². The topological polar surface area (TPSA) is 89.3 Å². The average molecular weight is 324 g/mol. The number of nitrogens with zero attached hydrogens (tertiary/aromatic N) is 2. The summed E-state index contributed by atoms with van der Waals surface area (Å²) in [7, 11) is 0. The minimum atomic E-state index is -2.80. The third-order valence-corrected chi connectivity index (χ3v) is 3.29. The molecule has 7 nitrogen and oxygen atoms in total. The quantitative estimate of drug-likeness (QED) is 0.895. The number of alkyl halides is 2. The van der Waals surface area contributed by atoms with Crippen LogP contribution in [0, 0.1) is 0 Å². The van der Waals surface area contributed by atoms with E-state index in [1.807, 2.05) is 24.3 Å². The standard InChI is InChI=1S/C14H14F2N4O3/c15-12(16)13-19-11(23-20-13)6-17-14(21)18-9-5-8-3-1-2-4-10(8)22-7-9/h1-4,9,12H,5-7H2,(H2,17,18,21). The van der Waals surface area contributed by atoms with Crippen molar-refractivity contribution in [2.75, 3.05) is 6.61 Å². The molecule has 2 heterocycles. The highest BCUT2D eigenvalue weighted by atomic mass is 19.3. The number of aromatic nitrogens is 2. The molecule has 0 bridgehead atoms. The molecule has 3 rings (SSSR count). The van der Waals surface area contributed by atoms with E-state index in [4.69, 9.17) is 4.74 Å². The molecule has 0 aliphatic carbocycles. The van der Waals surface area contributed by atoms with Crippen LogP contribution in [0.15, 0.2) is 28.8 Å². The zero-order valence-electron chi connectivity index (χ0n) is 12.0. The lowest BCUT2D eigenvalue weighted by Crippen LogP contribution is -2.47. The number of para-hydroxylation sites is 1. The molecule has 1 aromatic heterocycles. The number of ether oxygens (including phenoxy) is 1. The van der Waals surface area contributed by atoms with E-state index in [0.29, 0.717) is 13.0 Å². The third-order valence-electron chi connectivity index (χ3n) is 3.29. The summed E-state index contributed by atoms with van der Waals surface area (Å²) < 4.78 is 34.8. The minimum Gasteiger partial charge on any atom is -0.491 e. The van der Waals surface area contributed by atoms with Crippen LogP contribution < -0.4 is 15.4 Å². The highest BCUT2D eigenvalue weighted by molar-refractivity contribution is 5.74. The predicted octanol–water partition coefficient (Wildman–Crippen LogP) is 1.81. The second kappa shape index (κ2) is 6.59. The molecule has 23 heavy (non-hydrogen) atoms. The molecule has 1 aromatic carbocycles. The van der Waals surface area contributed by atoms with Crippen LogP contribution in [-0.4, -0.2) is 28.8 Å². The maximum atomic E-state index is 12.3. The molecular weight excluding hydrogens is 310 g/mol. The van der Waals surface area contributed by atoms with Crippen molar-refractivity contribution in [2.45, 2.75) is 25.4 Å². The third kappa shape index (κ3) is 3.74. The lowest BCUT2D eigenvalue weighted by molar-refractivity contribution is 0.136. The van der Waals surface area contributed by atoms with E-state index in [-0.39, 0.29) is 18.5 Å². The van der Waals surface area contributed by atoms with Gasteiger partial charge in [-0.05, 0) is 18.1 Å². The Balaban J connectivity index is 1.48. The predicted molar refractivity (Wildman–Crippen MR) is 74.1 cm³/mol. The van der Waals surface area contributed by atoms with Gasteiger partial charge in [0, 0.05) is 0 Å². The van der Waals surface area contributed by atoms with Crippen molar-refractivity contribution < 1.29 is 22.8 Å². The van der Waals surface area contributed by atoms with Crippen LogP contribution in [0.1, 0.15) is 23.7 Å². The SMILES string of the molecule is O=C(NCc1nc(C(F)F)no1)NC1COc2ccccc2C1. The molecule has 1 atom stereocenters. The molecule has 1 aliphatic heterocycles. The van der Waals surface area contributed by atoms with Gasteiger partial charge in [0.1, 0.15) is 12.4 Å². The van der Waals surface area contributed by atoms with Gasteiger partial charge in [0.15, 0.2) is 0 Å². The summed E-state index contributed by atoms with van der Waals surface area (Å²) >= 11 is 0. The highest BCUT2D eigenvalue weighted by Gasteiger charge is 2.21. The van der Waals surface area contributed by atoms with Crippen molar-refractivity contribution in [1.29, 1.82) is 0 Å². The number of benzene rings is 1. The monoisotopic (exact) mass is 324 g/mol. The van der Waals surface area contributed by atoms with E-state index in [2.05, 4.69) is 25.3 Å². The minimum absolute atomic E-state index is 0.0827. The van der Waals surface area contributed by atoms with Gasteiger partial charge in [-0.3, -0.25) is 0 Å². The van der Waals surface area contributed by atoms with Crippen molar-refractivity contribution in [1.82, 2.24) is 20.8 Å². The number of carbonyl (C=O) groups is 1. The maximum Gasteiger partial charge on any atom is 0.315 e. The molecule has 0 saturated heterocycles. The number of nitrogens with one attached hydrogen (secondary N) is 2. The molecule has 0 saturated carbocycles. The van der Waals surface area contributed by atoms with Gasteiger partial charge in [-0.1, -0.05) is 23.4 Å². The number of halogens is 2. The molecule has 0 radical (unpaired) electrons. The normalized spacial score (nSPS) is 16.6. The zero-order valence-corrected chi connectivity index (χ0v) is 12.0. The first-order valence-corrected chi connectivity index (χ1v) is 6.97. The van der Waals surface area contributed by atoms with Gasteiger partial charge in [0.25, 0.3) is 0 Å². The summed E-state index contributed by atoms with van der Waals surface area (Å²) in [5.74, 6) is 0.0385. The largest absolute Gasteiger partial charge is 0.491 e. The molecule has 0 fully saturated rings. The van der Waals surface area contributed by atoms with E-state index >= 15 is 0 Å². The number of rotatable bonds is 4. The number of hydrogen-bond donors (Lipinski definition) is 2. The Kier molecular flexibility index (Phi) is 4.35. The van der Waals surface area contributed by atoms with Crippen molar-refractivity contribution in [2.24, 2.45) is 0 Å². The van der Waals surface area contributed by atoms with Crippen molar-refractivity contribution in [3.8, 4) is 5.75 Å². The number of amides is 2. The summed E-state index contributed by atoms with van der Waals surface area (Å²) in [6.07, 6.45) is -2.15. The fourth-order valence-electron chi connectivity index (χ4n) is 2.24. The second-order valence-electron chi connectivity index (χ2n) is 4.99. The lowest BCUT2D eigenvalue weighted by Gasteiger charge is -2.25. The van der Waals surface area contributed by atoms with Gasteiger partial charge >= 0.3 is 12.5 Å². The molecule has 2 aromatic rings. The van der Waals surface area contributed by atoms with Gasteiger partial charge in [0.05, 0.1) is 12.6 Å². The van der Waals surface area contributed by atoms with Crippen molar-refractivity contribution >= 4 is 6.03 Å². The molecule has 1 aliphatic rings. The Morgan fingerprint density at radius 1 is 1.39 bits per heavy atom. The maximum absolute atomic E-state index is 12.3. The Morgan fingerprint density at radius 2 is 2.22 bits per heavy atom. The zero-order chi connectivity index (χ0) is 16.2. The van der Waals surface area contributed by atoms with E-state index in [1.165, 1.54) is 0 Å². The molecule has 122 valence electrons. The highest BCUT2D eigenvalue weighted by Crippen LogP contribution is 2.23. The summed E-state index contributed by atoms with van der Waals surface area (Å²) in [5, 5.41) is 8.33. The molecule has 2 amide bonds. The van der Waals surface area contributed by atoms with Crippen LogP contribution in [0.5, 0.6) is 5.75 Å². The molecule has 2 N–H and O–H groups in total. The van der Waals surface area contributed by atoms with Crippen LogP contribution in [-0.2, 0) is 13.0 Å². The molecular formula is C14H14F2N4O3. The van der Waals surface area contributed by atoms with Crippen LogP contribution in [0.2, 0.25) is 0 Å². The Hall–Kier alpha value is -2.71. The first kappa shape index (κ1) is 15.2. The number of carbonyl (C=O) groups excluding carboxylic acids is 1.